The van der Waals surface area contributed by atoms with Gasteiger partial charge in [-0.1, -0.05) is 84.4 Å². The summed E-state index contributed by atoms with van der Waals surface area (Å²) in [5.74, 6) is 2.63. The third-order valence-corrected chi connectivity index (χ3v) is 8.11. The van der Waals surface area contributed by atoms with Gasteiger partial charge in [0, 0.05) is 56.9 Å². The lowest BCUT2D eigenvalue weighted by atomic mass is 9.93. The molecule has 0 spiro atoms. The van der Waals surface area contributed by atoms with Crippen molar-refractivity contribution in [3.63, 3.8) is 0 Å². The van der Waals surface area contributed by atoms with E-state index in [1.54, 1.807) is 0 Å². The molecule has 1 fully saturated rings. The molecule has 2 N–H and O–H groups in total. The number of nitrogens with zero attached hydrogens (tertiary/aromatic N) is 2. The van der Waals surface area contributed by atoms with Gasteiger partial charge < -0.3 is 15.4 Å². The van der Waals surface area contributed by atoms with Crippen molar-refractivity contribution >= 4 is 0 Å². The van der Waals surface area contributed by atoms with E-state index in [9.17, 15) is 0 Å². The number of hydrogen-bond acceptors (Lipinski definition) is 5. The fourth-order valence-corrected chi connectivity index (χ4v) is 5.96. The van der Waals surface area contributed by atoms with E-state index in [2.05, 4.69) is 73.3 Å². The summed E-state index contributed by atoms with van der Waals surface area (Å²) in [4.78, 5) is 5.53. The third-order valence-electron chi connectivity index (χ3n) is 8.11. The van der Waals surface area contributed by atoms with Crippen molar-refractivity contribution in [1.29, 1.82) is 0 Å². The average Bonchev–Trinajstić information content (AvgIpc) is 2.89. The van der Waals surface area contributed by atoms with Gasteiger partial charge in [0.05, 0.1) is 13.3 Å². The Morgan fingerprint density at radius 3 is 2.00 bits per heavy atom. The van der Waals surface area contributed by atoms with Crippen molar-refractivity contribution in [3.8, 4) is 5.75 Å². The van der Waals surface area contributed by atoms with Crippen LogP contribution in [-0.2, 0) is 6.54 Å². The van der Waals surface area contributed by atoms with Crippen LogP contribution in [0.1, 0.15) is 98.5 Å². The molecule has 0 aliphatic carbocycles. The highest BCUT2D eigenvalue weighted by molar-refractivity contribution is 5.33. The van der Waals surface area contributed by atoms with Crippen LogP contribution >= 0.6 is 0 Å². The normalized spacial score (nSPS) is 20.7. The first-order valence-electron chi connectivity index (χ1n) is 15.6. The van der Waals surface area contributed by atoms with Crippen LogP contribution in [0.5, 0.6) is 5.75 Å². The first kappa shape index (κ1) is 32.1. The Kier molecular flexibility index (Phi) is 15.8. The Morgan fingerprint density at radius 1 is 0.865 bits per heavy atom. The van der Waals surface area contributed by atoms with Gasteiger partial charge in [-0.05, 0) is 44.6 Å². The number of benzene rings is 1. The maximum Gasteiger partial charge on any atom is 0.123 e. The number of rotatable bonds is 20. The smallest absolute Gasteiger partial charge is 0.123 e. The second kappa shape index (κ2) is 18.2. The molecule has 2 atom stereocenters. The molecule has 1 aromatic carbocycles. The van der Waals surface area contributed by atoms with Crippen LogP contribution in [0.4, 0.5) is 0 Å². The van der Waals surface area contributed by atoms with E-state index in [4.69, 9.17) is 4.74 Å². The molecule has 0 saturated carbocycles. The highest BCUT2D eigenvalue weighted by atomic mass is 16.5. The van der Waals surface area contributed by atoms with Crippen LogP contribution in [0, 0.1) is 11.8 Å². The van der Waals surface area contributed by atoms with Gasteiger partial charge >= 0.3 is 0 Å². The van der Waals surface area contributed by atoms with Gasteiger partial charge in [-0.25, -0.2) is 0 Å². The maximum absolute atomic E-state index is 5.79. The number of para-hydroxylation sites is 1. The second-order valence-corrected chi connectivity index (χ2v) is 11.7. The van der Waals surface area contributed by atoms with Crippen LogP contribution in [0.2, 0.25) is 0 Å². The van der Waals surface area contributed by atoms with Crippen molar-refractivity contribution < 1.29 is 4.74 Å². The summed E-state index contributed by atoms with van der Waals surface area (Å²) < 4.78 is 5.79. The summed E-state index contributed by atoms with van der Waals surface area (Å²) in [6.45, 7) is 23.3. The van der Waals surface area contributed by atoms with Crippen molar-refractivity contribution in [2.24, 2.45) is 11.8 Å². The van der Waals surface area contributed by atoms with Crippen LogP contribution < -0.4 is 15.4 Å². The standard InChI is InChI=1S/C32H60N4O/c1-7-12-16-28(9-3)23-35-25-32(6,26-36(27-35)24-29(10-4)17-13-8-2)34-21-20-33-22-30-18-14-15-19-31(30)37-11-5/h14-15,18-19,28-29,33-34H,7-13,16-17,20-27H2,1-6H3. The Hall–Kier alpha value is -1.14. The minimum atomic E-state index is 0.120. The fraction of sp³-hybridized carbons (Fsp3) is 0.812. The Morgan fingerprint density at radius 2 is 1.46 bits per heavy atom. The quantitative estimate of drug-likeness (QED) is 0.193. The zero-order chi connectivity index (χ0) is 26.9. The monoisotopic (exact) mass is 516 g/mol. The van der Waals surface area contributed by atoms with E-state index in [0.717, 1.165) is 57.0 Å². The number of nitrogens with one attached hydrogen (secondary N) is 2. The summed E-state index contributed by atoms with van der Waals surface area (Å²) in [5, 5.41) is 7.61. The molecule has 1 aliphatic rings. The van der Waals surface area contributed by atoms with Gasteiger partial charge in [0.2, 0.25) is 0 Å². The summed E-state index contributed by atoms with van der Waals surface area (Å²) in [5.41, 5.74) is 1.36. The van der Waals surface area contributed by atoms with Gasteiger partial charge in [0.15, 0.2) is 0 Å². The fourth-order valence-electron chi connectivity index (χ4n) is 5.96. The predicted molar refractivity (Wildman–Crippen MR) is 160 cm³/mol. The van der Waals surface area contributed by atoms with Gasteiger partial charge in [-0.3, -0.25) is 9.80 Å². The van der Waals surface area contributed by atoms with E-state index in [0.29, 0.717) is 6.61 Å². The lowest BCUT2D eigenvalue weighted by Crippen LogP contribution is -2.65. The predicted octanol–water partition coefficient (Wildman–Crippen LogP) is 6.53. The molecule has 37 heavy (non-hydrogen) atoms. The van der Waals surface area contributed by atoms with Crippen molar-refractivity contribution in [3.05, 3.63) is 29.8 Å². The Balaban J connectivity index is 1.95. The molecular formula is C32H60N4O. The van der Waals surface area contributed by atoms with Crippen LogP contribution in [0.15, 0.2) is 24.3 Å². The molecule has 0 amide bonds. The first-order chi connectivity index (χ1) is 18.0. The van der Waals surface area contributed by atoms with Crippen LogP contribution in [-0.4, -0.2) is 67.9 Å². The Bertz CT molecular complexity index is 686. The molecule has 0 bridgehead atoms. The molecule has 1 saturated heterocycles. The molecule has 1 heterocycles. The van der Waals surface area contributed by atoms with Crippen molar-refractivity contribution in [2.75, 3.05) is 52.5 Å². The van der Waals surface area contributed by atoms with Crippen LogP contribution in [0.25, 0.3) is 0 Å². The maximum atomic E-state index is 5.79. The van der Waals surface area contributed by atoms with Gasteiger partial charge in [0.1, 0.15) is 5.75 Å². The largest absolute Gasteiger partial charge is 0.494 e. The SMILES string of the molecule is CCCCC(CC)CN1CN(CC(CC)CCCC)CC(C)(NCCNCc2ccccc2OCC)C1. The van der Waals surface area contributed by atoms with Gasteiger partial charge in [0.25, 0.3) is 0 Å². The number of hydrogen-bond donors (Lipinski definition) is 2. The highest BCUT2D eigenvalue weighted by Gasteiger charge is 2.35. The Labute approximate surface area is 230 Å². The van der Waals surface area contributed by atoms with Crippen molar-refractivity contribution in [2.45, 2.75) is 105 Å². The van der Waals surface area contributed by atoms with Gasteiger partial charge in [-0.2, -0.15) is 0 Å². The highest BCUT2D eigenvalue weighted by Crippen LogP contribution is 2.24. The first-order valence-corrected chi connectivity index (χ1v) is 15.6. The lowest BCUT2D eigenvalue weighted by Gasteiger charge is -2.48. The molecule has 1 aromatic rings. The topological polar surface area (TPSA) is 39.8 Å². The third kappa shape index (κ3) is 12.1. The van der Waals surface area contributed by atoms with Crippen molar-refractivity contribution in [1.82, 2.24) is 20.4 Å². The van der Waals surface area contributed by atoms with Gasteiger partial charge in [-0.15, -0.1) is 0 Å². The minimum absolute atomic E-state index is 0.120. The molecular weight excluding hydrogens is 456 g/mol. The van der Waals surface area contributed by atoms with E-state index in [1.807, 2.05) is 13.0 Å². The summed E-state index contributed by atoms with van der Waals surface area (Å²) in [7, 11) is 0. The molecule has 5 heteroatoms. The molecule has 2 unspecified atom stereocenters. The molecule has 0 radical (unpaired) electrons. The summed E-state index contributed by atoms with van der Waals surface area (Å²) in [6, 6.07) is 8.38. The molecule has 214 valence electrons. The molecule has 0 aromatic heterocycles. The van der Waals surface area contributed by atoms with E-state index in [-0.39, 0.29) is 5.54 Å². The zero-order valence-electron chi connectivity index (χ0n) is 25.3. The lowest BCUT2D eigenvalue weighted by molar-refractivity contribution is 0.00519. The van der Waals surface area contributed by atoms with E-state index in [1.165, 1.54) is 70.0 Å². The average molecular weight is 517 g/mol. The minimum Gasteiger partial charge on any atom is -0.494 e. The second-order valence-electron chi connectivity index (χ2n) is 11.7. The molecule has 2 rings (SSSR count). The van der Waals surface area contributed by atoms with Crippen LogP contribution in [0.3, 0.4) is 0 Å². The number of unbranched alkanes of at least 4 members (excludes halogenated alkanes) is 2. The molecule has 1 aliphatic heterocycles. The zero-order valence-corrected chi connectivity index (χ0v) is 25.3. The van der Waals surface area contributed by atoms with E-state index < -0.39 is 0 Å². The summed E-state index contributed by atoms with van der Waals surface area (Å²) in [6.07, 6.45) is 10.7. The molecule has 5 nitrogen and oxygen atoms in total. The number of ether oxygens (including phenoxy) is 1. The summed E-state index contributed by atoms with van der Waals surface area (Å²) >= 11 is 0. The van der Waals surface area contributed by atoms with E-state index >= 15 is 0 Å².